The summed E-state index contributed by atoms with van der Waals surface area (Å²) in [7, 11) is 0. The van der Waals surface area contributed by atoms with E-state index in [1.807, 2.05) is 24.4 Å². The van der Waals surface area contributed by atoms with Gasteiger partial charge < -0.3 is 0 Å². The van der Waals surface area contributed by atoms with Crippen molar-refractivity contribution < 1.29 is 0 Å². The molecule has 0 saturated heterocycles. The maximum Gasteiger partial charge on any atom is 0.0717 e. The number of hydrazine groups is 1. The molecule has 3 aromatic rings. The fourth-order valence-electron chi connectivity index (χ4n) is 2.50. The van der Waals surface area contributed by atoms with Crippen LogP contribution in [-0.4, -0.2) is 4.98 Å². The number of hydrogen-bond acceptors (Lipinski definition) is 3. The average Bonchev–Trinajstić information content (AvgIpc) is 2.47. The van der Waals surface area contributed by atoms with Gasteiger partial charge in [-0.2, -0.15) is 0 Å². The number of nitrogens with one attached hydrogen (secondary N) is 1. The van der Waals surface area contributed by atoms with Crippen molar-refractivity contribution in [2.75, 3.05) is 0 Å². The molecule has 3 N–H and O–H groups in total. The Bertz CT molecular complexity index is 764. The van der Waals surface area contributed by atoms with E-state index in [0.29, 0.717) is 0 Å². The van der Waals surface area contributed by atoms with Gasteiger partial charge in [0.05, 0.1) is 6.04 Å². The van der Waals surface area contributed by atoms with Crippen LogP contribution >= 0.6 is 31.9 Å². The second-order valence-corrected chi connectivity index (χ2v) is 6.58. The van der Waals surface area contributed by atoms with Crippen molar-refractivity contribution >= 4 is 42.6 Å². The summed E-state index contributed by atoms with van der Waals surface area (Å²) in [5, 5.41) is 2.25. The Hall–Kier alpha value is -1.27. The van der Waals surface area contributed by atoms with Crippen molar-refractivity contribution in [1.29, 1.82) is 0 Å². The highest BCUT2D eigenvalue weighted by Crippen LogP contribution is 2.31. The number of pyridine rings is 1. The van der Waals surface area contributed by atoms with E-state index in [0.717, 1.165) is 30.8 Å². The molecule has 1 heterocycles. The van der Waals surface area contributed by atoms with Gasteiger partial charge in [0.25, 0.3) is 0 Å². The minimum atomic E-state index is -0.105. The fraction of sp³-hybridized carbons (Fsp3) is 0.0625. The van der Waals surface area contributed by atoms with Crippen LogP contribution < -0.4 is 11.3 Å². The minimum absolute atomic E-state index is 0.105. The van der Waals surface area contributed by atoms with Gasteiger partial charge in [0, 0.05) is 26.7 Å². The van der Waals surface area contributed by atoms with Gasteiger partial charge in [-0.25, -0.2) is 5.43 Å². The van der Waals surface area contributed by atoms with Crippen LogP contribution in [0.3, 0.4) is 0 Å². The Labute approximate surface area is 139 Å². The third-order valence-corrected chi connectivity index (χ3v) is 4.33. The Balaban J connectivity index is 2.18. The topological polar surface area (TPSA) is 50.9 Å². The minimum Gasteiger partial charge on any atom is -0.271 e. The van der Waals surface area contributed by atoms with E-state index < -0.39 is 0 Å². The number of benzene rings is 2. The van der Waals surface area contributed by atoms with Gasteiger partial charge in [0.1, 0.15) is 0 Å². The molecule has 0 amide bonds. The SMILES string of the molecule is NNC(c1cc(Br)cc(Br)c1)c1cccc2ccncc12. The molecule has 0 aliphatic rings. The molecule has 0 saturated carbocycles. The number of halogens is 2. The summed E-state index contributed by atoms with van der Waals surface area (Å²) in [6.07, 6.45) is 3.68. The zero-order valence-electron chi connectivity index (χ0n) is 11.1. The molecule has 0 fully saturated rings. The molecule has 0 aliphatic carbocycles. The van der Waals surface area contributed by atoms with Crippen LogP contribution in [0, 0.1) is 0 Å². The molecule has 1 aromatic heterocycles. The smallest absolute Gasteiger partial charge is 0.0717 e. The van der Waals surface area contributed by atoms with E-state index in [9.17, 15) is 0 Å². The maximum absolute atomic E-state index is 5.83. The van der Waals surface area contributed by atoms with E-state index in [1.165, 1.54) is 0 Å². The summed E-state index contributed by atoms with van der Waals surface area (Å²) in [6, 6.07) is 14.2. The van der Waals surface area contributed by atoms with E-state index in [2.05, 4.69) is 66.5 Å². The van der Waals surface area contributed by atoms with Gasteiger partial charge in [0.2, 0.25) is 0 Å². The van der Waals surface area contributed by atoms with Gasteiger partial charge in [-0.15, -0.1) is 0 Å². The van der Waals surface area contributed by atoms with Crippen LogP contribution in [0.4, 0.5) is 0 Å². The lowest BCUT2D eigenvalue weighted by Crippen LogP contribution is -2.29. The van der Waals surface area contributed by atoms with Gasteiger partial charge >= 0.3 is 0 Å². The molecule has 5 heteroatoms. The molecule has 21 heavy (non-hydrogen) atoms. The molecule has 2 aromatic carbocycles. The molecule has 0 aliphatic heterocycles. The Kier molecular flexibility index (Phi) is 4.35. The number of rotatable bonds is 3. The highest BCUT2D eigenvalue weighted by atomic mass is 79.9. The van der Waals surface area contributed by atoms with Crippen LogP contribution in [0.5, 0.6) is 0 Å². The van der Waals surface area contributed by atoms with Crippen LogP contribution in [0.2, 0.25) is 0 Å². The van der Waals surface area contributed by atoms with E-state index in [4.69, 9.17) is 5.84 Å². The summed E-state index contributed by atoms with van der Waals surface area (Å²) in [6.45, 7) is 0. The van der Waals surface area contributed by atoms with Crippen molar-refractivity contribution in [2.24, 2.45) is 5.84 Å². The first-order valence-electron chi connectivity index (χ1n) is 6.44. The molecule has 1 unspecified atom stereocenters. The molecular formula is C16H13Br2N3. The number of fused-ring (bicyclic) bond motifs is 1. The largest absolute Gasteiger partial charge is 0.271 e. The monoisotopic (exact) mass is 405 g/mol. The van der Waals surface area contributed by atoms with Crippen LogP contribution in [-0.2, 0) is 0 Å². The normalized spacial score (nSPS) is 12.5. The third-order valence-electron chi connectivity index (χ3n) is 3.41. The molecule has 3 nitrogen and oxygen atoms in total. The fourth-order valence-corrected chi connectivity index (χ4v) is 3.83. The zero-order chi connectivity index (χ0) is 14.8. The number of nitrogens with two attached hydrogens (primary N) is 1. The lowest BCUT2D eigenvalue weighted by Gasteiger charge is -2.19. The summed E-state index contributed by atoms with van der Waals surface area (Å²) in [4.78, 5) is 4.23. The van der Waals surface area contributed by atoms with Crippen LogP contribution in [0.15, 0.2) is 63.8 Å². The molecule has 1 atom stereocenters. The van der Waals surface area contributed by atoms with Crippen LogP contribution in [0.25, 0.3) is 10.8 Å². The first-order chi connectivity index (χ1) is 10.2. The van der Waals surface area contributed by atoms with Crippen molar-refractivity contribution in [1.82, 2.24) is 10.4 Å². The van der Waals surface area contributed by atoms with Crippen molar-refractivity contribution in [3.05, 3.63) is 74.9 Å². The summed E-state index contributed by atoms with van der Waals surface area (Å²) >= 11 is 7.04. The number of nitrogens with zero attached hydrogens (tertiary/aromatic N) is 1. The lowest BCUT2D eigenvalue weighted by molar-refractivity contribution is 0.640. The van der Waals surface area contributed by atoms with E-state index in [1.54, 1.807) is 6.20 Å². The Morgan fingerprint density at radius 3 is 2.52 bits per heavy atom. The molecule has 0 radical (unpaired) electrons. The predicted octanol–water partition coefficient (Wildman–Crippen LogP) is 4.31. The molecule has 0 spiro atoms. The van der Waals surface area contributed by atoms with Gasteiger partial charge in [-0.05, 0) is 40.8 Å². The molecule has 3 rings (SSSR count). The average molecular weight is 407 g/mol. The lowest BCUT2D eigenvalue weighted by atomic mass is 9.95. The predicted molar refractivity (Wildman–Crippen MR) is 92.8 cm³/mol. The summed E-state index contributed by atoms with van der Waals surface area (Å²) < 4.78 is 2.01. The Morgan fingerprint density at radius 1 is 1.05 bits per heavy atom. The highest BCUT2D eigenvalue weighted by Gasteiger charge is 2.16. The van der Waals surface area contributed by atoms with Gasteiger partial charge in [-0.3, -0.25) is 10.8 Å². The third kappa shape index (κ3) is 3.01. The summed E-state index contributed by atoms with van der Waals surface area (Å²) in [5.74, 6) is 5.83. The zero-order valence-corrected chi connectivity index (χ0v) is 14.2. The van der Waals surface area contributed by atoms with E-state index >= 15 is 0 Å². The van der Waals surface area contributed by atoms with Crippen molar-refractivity contribution in [3.63, 3.8) is 0 Å². The maximum atomic E-state index is 5.83. The summed E-state index contributed by atoms with van der Waals surface area (Å²) in [5.41, 5.74) is 5.10. The van der Waals surface area contributed by atoms with Gasteiger partial charge in [0.15, 0.2) is 0 Å². The number of aromatic nitrogens is 1. The number of hydrogen-bond donors (Lipinski definition) is 2. The van der Waals surface area contributed by atoms with Crippen LogP contribution in [0.1, 0.15) is 17.2 Å². The first kappa shape index (κ1) is 14.7. The second kappa shape index (κ2) is 6.23. The quantitative estimate of drug-likeness (QED) is 0.503. The van der Waals surface area contributed by atoms with Crippen molar-refractivity contribution in [3.8, 4) is 0 Å². The first-order valence-corrected chi connectivity index (χ1v) is 8.02. The molecule has 106 valence electrons. The Morgan fingerprint density at radius 2 is 1.81 bits per heavy atom. The standard InChI is InChI=1S/C16H13Br2N3/c17-12-6-11(7-13(18)8-12)16(21-19)14-3-1-2-10-4-5-20-9-15(10)14/h1-9,16,21H,19H2. The van der Waals surface area contributed by atoms with Crippen molar-refractivity contribution in [2.45, 2.75) is 6.04 Å². The highest BCUT2D eigenvalue weighted by molar-refractivity contribution is 9.11. The molecular weight excluding hydrogens is 394 g/mol. The van der Waals surface area contributed by atoms with Gasteiger partial charge in [-0.1, -0.05) is 50.1 Å². The molecule has 0 bridgehead atoms. The van der Waals surface area contributed by atoms with E-state index in [-0.39, 0.29) is 6.04 Å². The second-order valence-electron chi connectivity index (χ2n) is 4.75.